The Hall–Kier alpha value is -2.67. The van der Waals surface area contributed by atoms with Crippen molar-refractivity contribution >= 4 is 21.5 Å². The van der Waals surface area contributed by atoms with Crippen molar-refractivity contribution in [3.05, 3.63) is 76.5 Å². The van der Waals surface area contributed by atoms with Crippen molar-refractivity contribution in [3.8, 4) is 11.3 Å². The van der Waals surface area contributed by atoms with Gasteiger partial charge in [-0.25, -0.2) is 0 Å². The van der Waals surface area contributed by atoms with Crippen molar-refractivity contribution < 1.29 is 5.94 Å². The van der Waals surface area contributed by atoms with E-state index in [0.29, 0.717) is 12.0 Å². The minimum Gasteiger partial charge on any atom is -0.198 e. The van der Waals surface area contributed by atoms with Crippen LogP contribution in [0.25, 0.3) is 32.8 Å². The number of hydrogen-bond donors (Lipinski definition) is 0. The Balaban J connectivity index is 2.30. The molecular formula is C27H30N+. The molecule has 0 saturated carbocycles. The first-order chi connectivity index (χ1) is 13.7. The van der Waals surface area contributed by atoms with Gasteiger partial charge in [0.2, 0.25) is 5.69 Å². The maximum absolute atomic E-state index is 8.82. The van der Waals surface area contributed by atoms with Crippen molar-refractivity contribution in [3.63, 3.8) is 0 Å². The Bertz CT molecular complexity index is 1280. The molecule has 0 N–H and O–H groups in total. The van der Waals surface area contributed by atoms with E-state index in [2.05, 4.69) is 95.6 Å². The maximum atomic E-state index is 8.82. The van der Waals surface area contributed by atoms with E-state index in [1.165, 1.54) is 49.7 Å². The van der Waals surface area contributed by atoms with Crippen LogP contribution in [0.4, 0.5) is 0 Å². The number of pyridine rings is 1. The molecule has 1 nitrogen and oxygen atoms in total. The van der Waals surface area contributed by atoms with E-state index in [4.69, 9.17) is 1.37 Å². The molecule has 0 bridgehead atoms. The van der Waals surface area contributed by atoms with E-state index in [1.54, 1.807) is 0 Å². The standard InChI is InChI=1S/C27H30N/c1-16(2)22-9-8-10-24-23(22)12-11-21-15-19(5)28(7)27(26(21)24)25-14-17(3)13-18(4)20(25)6/h8-16H,1-7H3/q+1/i15D. The number of benzene rings is 3. The predicted molar refractivity (Wildman–Crippen MR) is 121 cm³/mol. The summed E-state index contributed by atoms with van der Waals surface area (Å²) in [7, 11) is 2.10. The van der Waals surface area contributed by atoms with Crippen molar-refractivity contribution in [1.82, 2.24) is 0 Å². The summed E-state index contributed by atoms with van der Waals surface area (Å²) in [4.78, 5) is 0. The summed E-state index contributed by atoms with van der Waals surface area (Å²) in [6.07, 6.45) is 0. The first-order valence-corrected chi connectivity index (χ1v) is 10.1. The molecule has 1 aromatic heterocycles. The molecule has 0 atom stereocenters. The van der Waals surface area contributed by atoms with Gasteiger partial charge in [-0.1, -0.05) is 55.8 Å². The van der Waals surface area contributed by atoms with Gasteiger partial charge in [0.1, 0.15) is 7.05 Å². The van der Waals surface area contributed by atoms with Gasteiger partial charge in [-0.15, -0.1) is 0 Å². The van der Waals surface area contributed by atoms with E-state index in [-0.39, 0.29) is 0 Å². The van der Waals surface area contributed by atoms with Crippen LogP contribution in [-0.4, -0.2) is 0 Å². The quantitative estimate of drug-likeness (QED) is 0.269. The zero-order valence-corrected chi connectivity index (χ0v) is 18.1. The number of fused-ring (bicyclic) bond motifs is 3. The van der Waals surface area contributed by atoms with Gasteiger partial charge in [0.15, 0.2) is 5.69 Å². The minimum atomic E-state index is 0.456. The highest BCUT2D eigenvalue weighted by Crippen LogP contribution is 2.37. The lowest BCUT2D eigenvalue weighted by Gasteiger charge is -2.16. The van der Waals surface area contributed by atoms with Crippen LogP contribution in [0.15, 0.2) is 48.5 Å². The van der Waals surface area contributed by atoms with Gasteiger partial charge in [0.05, 0.1) is 12.3 Å². The van der Waals surface area contributed by atoms with Crippen molar-refractivity contribution in [1.29, 1.82) is 0 Å². The largest absolute Gasteiger partial charge is 0.221 e. The summed E-state index contributed by atoms with van der Waals surface area (Å²) in [6.45, 7) is 13.1. The van der Waals surface area contributed by atoms with Crippen LogP contribution in [-0.2, 0) is 7.05 Å². The third-order valence-electron chi connectivity index (χ3n) is 6.17. The average Bonchev–Trinajstić information content (AvgIpc) is 2.68. The van der Waals surface area contributed by atoms with Gasteiger partial charge < -0.3 is 0 Å². The minimum absolute atomic E-state index is 0.456. The van der Waals surface area contributed by atoms with Crippen LogP contribution in [0.3, 0.4) is 0 Å². The zero-order chi connectivity index (χ0) is 21.0. The molecule has 1 heterocycles. The number of hydrogen-bond acceptors (Lipinski definition) is 0. The normalized spacial score (nSPS) is 12.2. The predicted octanol–water partition coefficient (Wildman–Crippen LogP) is 6.84. The van der Waals surface area contributed by atoms with Crippen LogP contribution in [0, 0.1) is 27.7 Å². The van der Waals surface area contributed by atoms with E-state index in [1.807, 2.05) is 0 Å². The van der Waals surface area contributed by atoms with Gasteiger partial charge in [-0.3, -0.25) is 0 Å². The third kappa shape index (κ3) is 2.81. The Morgan fingerprint density at radius 1 is 0.929 bits per heavy atom. The molecule has 0 aliphatic heterocycles. The highest BCUT2D eigenvalue weighted by atomic mass is 14.9. The lowest BCUT2D eigenvalue weighted by atomic mass is 9.89. The molecule has 1 heteroatoms. The molecule has 0 fully saturated rings. The number of aromatic nitrogens is 1. The van der Waals surface area contributed by atoms with Gasteiger partial charge in [-0.2, -0.15) is 4.57 Å². The molecule has 0 spiro atoms. The Labute approximate surface area is 170 Å². The highest BCUT2D eigenvalue weighted by molar-refractivity contribution is 6.13. The van der Waals surface area contributed by atoms with Gasteiger partial charge in [-0.05, 0) is 65.6 Å². The number of rotatable bonds is 2. The molecule has 4 rings (SSSR count). The van der Waals surface area contributed by atoms with Crippen LogP contribution in [0.2, 0.25) is 0 Å². The van der Waals surface area contributed by atoms with E-state index in [9.17, 15) is 0 Å². The summed E-state index contributed by atoms with van der Waals surface area (Å²) in [5, 5.41) is 4.76. The third-order valence-corrected chi connectivity index (χ3v) is 6.17. The topological polar surface area (TPSA) is 3.88 Å². The summed E-state index contributed by atoms with van der Waals surface area (Å²) in [6, 6.07) is 16.1. The first kappa shape index (κ1) is 17.4. The van der Waals surface area contributed by atoms with Crippen molar-refractivity contribution in [2.24, 2.45) is 7.05 Å². The van der Waals surface area contributed by atoms with Crippen LogP contribution in [0.1, 0.15) is 49.1 Å². The summed E-state index contributed by atoms with van der Waals surface area (Å²) >= 11 is 0. The molecule has 0 aliphatic carbocycles. The Morgan fingerprint density at radius 3 is 2.39 bits per heavy atom. The molecule has 0 radical (unpaired) electrons. The zero-order valence-electron chi connectivity index (χ0n) is 19.1. The summed E-state index contributed by atoms with van der Waals surface area (Å²) in [5.41, 5.74) is 8.72. The monoisotopic (exact) mass is 369 g/mol. The summed E-state index contributed by atoms with van der Waals surface area (Å²) in [5.74, 6) is 0.456. The van der Waals surface area contributed by atoms with E-state index >= 15 is 0 Å². The second-order valence-electron chi connectivity index (χ2n) is 8.46. The van der Waals surface area contributed by atoms with E-state index in [0.717, 1.165) is 11.1 Å². The number of nitrogens with zero attached hydrogens (tertiary/aromatic N) is 1. The molecule has 0 unspecified atom stereocenters. The summed E-state index contributed by atoms with van der Waals surface area (Å²) < 4.78 is 11.0. The fourth-order valence-electron chi connectivity index (χ4n) is 4.46. The first-order valence-electron chi connectivity index (χ1n) is 10.6. The molecular weight excluding hydrogens is 338 g/mol. The Morgan fingerprint density at radius 2 is 1.68 bits per heavy atom. The average molecular weight is 370 g/mol. The second kappa shape index (κ2) is 6.74. The second-order valence-corrected chi connectivity index (χ2v) is 8.46. The molecule has 4 aromatic rings. The number of aryl methyl sites for hydroxylation is 2. The molecule has 142 valence electrons. The lowest BCUT2D eigenvalue weighted by Crippen LogP contribution is -2.35. The van der Waals surface area contributed by atoms with Crippen molar-refractivity contribution in [2.45, 2.75) is 47.5 Å². The molecule has 3 aromatic carbocycles. The van der Waals surface area contributed by atoms with Crippen LogP contribution < -0.4 is 4.57 Å². The van der Waals surface area contributed by atoms with E-state index < -0.39 is 0 Å². The Kier molecular flexibility index (Phi) is 4.19. The molecule has 0 saturated heterocycles. The fraction of sp³-hybridized carbons (Fsp3) is 0.296. The van der Waals surface area contributed by atoms with Gasteiger partial charge >= 0.3 is 0 Å². The highest BCUT2D eigenvalue weighted by Gasteiger charge is 2.23. The smallest absolute Gasteiger partial charge is 0.198 e. The van der Waals surface area contributed by atoms with Crippen LogP contribution >= 0.6 is 0 Å². The molecule has 0 amide bonds. The molecule has 0 aliphatic rings. The maximum Gasteiger partial charge on any atom is 0.221 e. The van der Waals surface area contributed by atoms with Crippen molar-refractivity contribution in [2.75, 3.05) is 0 Å². The molecule has 28 heavy (non-hydrogen) atoms. The fourth-order valence-corrected chi connectivity index (χ4v) is 4.46. The lowest BCUT2D eigenvalue weighted by molar-refractivity contribution is -0.665. The van der Waals surface area contributed by atoms with Gasteiger partial charge in [0, 0.05) is 13.0 Å². The SMILES string of the molecule is [2H]c1c(C)[n+](C)c(-c2cc(C)cc(C)c2C)c2c1ccc1c(C(C)C)cccc12. The van der Waals surface area contributed by atoms with Crippen LogP contribution in [0.5, 0.6) is 0 Å². The van der Waals surface area contributed by atoms with Gasteiger partial charge in [0.25, 0.3) is 0 Å².